The van der Waals surface area contributed by atoms with Gasteiger partial charge in [0.25, 0.3) is 0 Å². The molecule has 0 aliphatic rings. The molecule has 4 nitrogen and oxygen atoms in total. The molecule has 0 saturated heterocycles. The molecule has 1 heterocycles. The van der Waals surface area contributed by atoms with Crippen LogP contribution in [0.2, 0.25) is 0 Å². The highest BCUT2D eigenvalue weighted by Gasteiger charge is 2.21. The lowest BCUT2D eigenvalue weighted by Gasteiger charge is -2.19. The van der Waals surface area contributed by atoms with Crippen LogP contribution < -0.4 is 9.47 Å². The van der Waals surface area contributed by atoms with Crippen LogP contribution in [-0.4, -0.2) is 24.2 Å². The molecule has 1 aromatic carbocycles. The van der Waals surface area contributed by atoms with E-state index >= 15 is 0 Å². The number of nitrogens with zero attached hydrogens (tertiary/aromatic N) is 2. The Morgan fingerprint density at radius 2 is 1.57 bits per heavy atom. The van der Waals surface area contributed by atoms with Crippen molar-refractivity contribution in [1.82, 2.24) is 9.97 Å². The van der Waals surface area contributed by atoms with Crippen LogP contribution in [0.5, 0.6) is 11.5 Å². The highest BCUT2D eigenvalue weighted by atomic mass is 79.9. The molecule has 0 fully saturated rings. The van der Waals surface area contributed by atoms with Crippen LogP contribution in [0, 0.1) is 0 Å². The van der Waals surface area contributed by atoms with Gasteiger partial charge in [0.1, 0.15) is 21.9 Å². The highest BCUT2D eigenvalue weighted by molar-refractivity contribution is 9.10. The second-order valence-electron chi connectivity index (χ2n) is 5.69. The molecule has 0 atom stereocenters. The van der Waals surface area contributed by atoms with E-state index in [1.54, 1.807) is 14.2 Å². The van der Waals surface area contributed by atoms with E-state index in [0.29, 0.717) is 0 Å². The predicted molar refractivity (Wildman–Crippen MR) is 87.0 cm³/mol. The summed E-state index contributed by atoms with van der Waals surface area (Å²) < 4.78 is 11.6. The van der Waals surface area contributed by atoms with E-state index < -0.39 is 0 Å². The van der Waals surface area contributed by atoms with Crippen molar-refractivity contribution in [3.05, 3.63) is 34.7 Å². The zero-order chi connectivity index (χ0) is 15.6. The minimum Gasteiger partial charge on any atom is -0.496 e. The van der Waals surface area contributed by atoms with Gasteiger partial charge in [-0.05, 0) is 34.1 Å². The summed E-state index contributed by atoms with van der Waals surface area (Å²) in [6, 6.07) is 7.55. The Hall–Kier alpha value is -1.62. The summed E-state index contributed by atoms with van der Waals surface area (Å²) >= 11 is 3.46. The van der Waals surface area contributed by atoms with E-state index in [9.17, 15) is 0 Å². The standard InChI is InChI=1S/C16H19BrN2O2/c1-16(2,3)15-18-10(9-13(17)19-15)14-11(20-4)7-6-8-12(14)21-5/h6-9H,1-5H3. The molecule has 1 aromatic heterocycles. The number of ether oxygens (including phenoxy) is 2. The molecule has 0 amide bonds. The molecule has 2 rings (SSSR count). The third-order valence-corrected chi connectivity index (χ3v) is 3.46. The van der Waals surface area contributed by atoms with Gasteiger partial charge in [-0.2, -0.15) is 0 Å². The molecule has 0 saturated carbocycles. The molecular formula is C16H19BrN2O2. The summed E-state index contributed by atoms with van der Waals surface area (Å²) in [5.74, 6) is 2.21. The van der Waals surface area contributed by atoms with Crippen LogP contribution in [0.15, 0.2) is 28.9 Å². The van der Waals surface area contributed by atoms with E-state index in [4.69, 9.17) is 14.5 Å². The van der Waals surface area contributed by atoms with Crippen LogP contribution >= 0.6 is 15.9 Å². The zero-order valence-electron chi connectivity index (χ0n) is 12.9. The van der Waals surface area contributed by atoms with Crippen molar-refractivity contribution < 1.29 is 9.47 Å². The van der Waals surface area contributed by atoms with Crippen molar-refractivity contribution in [3.63, 3.8) is 0 Å². The van der Waals surface area contributed by atoms with E-state index in [1.165, 1.54) is 0 Å². The average Bonchev–Trinajstić information content (AvgIpc) is 2.44. The molecule has 21 heavy (non-hydrogen) atoms. The maximum atomic E-state index is 5.45. The number of aromatic nitrogens is 2. The van der Waals surface area contributed by atoms with Crippen molar-refractivity contribution >= 4 is 15.9 Å². The molecule has 0 radical (unpaired) electrons. The molecule has 0 aliphatic heterocycles. The van der Waals surface area contributed by atoms with Gasteiger partial charge in [0.2, 0.25) is 0 Å². The maximum absolute atomic E-state index is 5.45. The molecule has 0 unspecified atom stereocenters. The minimum absolute atomic E-state index is 0.145. The van der Waals surface area contributed by atoms with Gasteiger partial charge in [-0.25, -0.2) is 9.97 Å². The lowest BCUT2D eigenvalue weighted by atomic mass is 9.95. The summed E-state index contributed by atoms with van der Waals surface area (Å²) in [4.78, 5) is 9.16. The third kappa shape index (κ3) is 3.35. The van der Waals surface area contributed by atoms with Crippen LogP contribution in [0.3, 0.4) is 0 Å². The van der Waals surface area contributed by atoms with Gasteiger partial charge in [-0.1, -0.05) is 26.8 Å². The number of methoxy groups -OCH3 is 2. The largest absolute Gasteiger partial charge is 0.496 e. The third-order valence-electron chi connectivity index (χ3n) is 3.05. The summed E-state index contributed by atoms with van der Waals surface area (Å²) in [6.07, 6.45) is 0. The van der Waals surface area contributed by atoms with Crippen LogP contribution in [0.25, 0.3) is 11.3 Å². The molecule has 5 heteroatoms. The Morgan fingerprint density at radius 1 is 1.00 bits per heavy atom. The van der Waals surface area contributed by atoms with Crippen LogP contribution in [0.4, 0.5) is 0 Å². The Bertz CT molecular complexity index is 629. The second kappa shape index (κ2) is 6.02. The van der Waals surface area contributed by atoms with Gasteiger partial charge in [0, 0.05) is 5.41 Å². The van der Waals surface area contributed by atoms with E-state index in [2.05, 4.69) is 41.7 Å². The van der Waals surface area contributed by atoms with Gasteiger partial charge in [-0.15, -0.1) is 0 Å². The van der Waals surface area contributed by atoms with Crippen LogP contribution in [0.1, 0.15) is 26.6 Å². The summed E-state index contributed by atoms with van der Waals surface area (Å²) in [6.45, 7) is 6.24. The number of hydrogen-bond acceptors (Lipinski definition) is 4. The number of rotatable bonds is 3. The SMILES string of the molecule is COc1cccc(OC)c1-c1cc(Br)nc(C(C)(C)C)n1. The van der Waals surface area contributed by atoms with Gasteiger partial charge in [0.15, 0.2) is 0 Å². The van der Waals surface area contributed by atoms with Crippen LogP contribution in [-0.2, 0) is 5.41 Å². The highest BCUT2D eigenvalue weighted by Crippen LogP contribution is 2.38. The fourth-order valence-corrected chi connectivity index (χ4v) is 2.37. The van der Waals surface area contributed by atoms with Crippen molar-refractivity contribution in [3.8, 4) is 22.8 Å². The van der Waals surface area contributed by atoms with Crippen molar-refractivity contribution in [2.45, 2.75) is 26.2 Å². The number of benzene rings is 1. The van der Waals surface area contributed by atoms with Crippen molar-refractivity contribution in [2.75, 3.05) is 14.2 Å². The van der Waals surface area contributed by atoms with Gasteiger partial charge in [-0.3, -0.25) is 0 Å². The lowest BCUT2D eigenvalue weighted by molar-refractivity contribution is 0.397. The first kappa shape index (κ1) is 15.8. The fraction of sp³-hybridized carbons (Fsp3) is 0.375. The Balaban J connectivity index is 2.70. The lowest BCUT2D eigenvalue weighted by Crippen LogP contribution is -2.16. The Kier molecular flexibility index (Phi) is 4.52. The van der Waals surface area contributed by atoms with Crippen molar-refractivity contribution in [2.24, 2.45) is 0 Å². The molecule has 0 bridgehead atoms. The van der Waals surface area contributed by atoms with Gasteiger partial charge < -0.3 is 9.47 Å². The summed E-state index contributed by atoms with van der Waals surface area (Å²) in [5, 5.41) is 0. The summed E-state index contributed by atoms with van der Waals surface area (Å²) in [7, 11) is 3.28. The first-order valence-electron chi connectivity index (χ1n) is 6.63. The monoisotopic (exact) mass is 350 g/mol. The quantitative estimate of drug-likeness (QED) is 0.777. The second-order valence-corrected chi connectivity index (χ2v) is 6.50. The molecule has 0 N–H and O–H groups in total. The predicted octanol–water partition coefficient (Wildman–Crippen LogP) is 4.22. The summed E-state index contributed by atoms with van der Waals surface area (Å²) in [5.41, 5.74) is 1.46. The Labute approximate surface area is 133 Å². The first-order valence-corrected chi connectivity index (χ1v) is 7.42. The van der Waals surface area contributed by atoms with Crippen molar-refractivity contribution in [1.29, 1.82) is 0 Å². The molecule has 112 valence electrons. The van der Waals surface area contributed by atoms with Gasteiger partial charge >= 0.3 is 0 Å². The number of halogens is 1. The molecular weight excluding hydrogens is 332 g/mol. The fourth-order valence-electron chi connectivity index (χ4n) is 1.98. The van der Waals surface area contributed by atoms with E-state index in [1.807, 2.05) is 24.3 Å². The van der Waals surface area contributed by atoms with E-state index in [0.717, 1.165) is 33.2 Å². The first-order chi connectivity index (χ1) is 9.86. The van der Waals surface area contributed by atoms with E-state index in [-0.39, 0.29) is 5.41 Å². The Morgan fingerprint density at radius 3 is 2.05 bits per heavy atom. The topological polar surface area (TPSA) is 44.2 Å². The zero-order valence-corrected chi connectivity index (χ0v) is 14.5. The maximum Gasteiger partial charge on any atom is 0.135 e. The molecule has 0 aliphatic carbocycles. The molecule has 0 spiro atoms. The smallest absolute Gasteiger partial charge is 0.135 e. The molecule has 2 aromatic rings. The average molecular weight is 351 g/mol. The van der Waals surface area contributed by atoms with Gasteiger partial charge in [0.05, 0.1) is 25.5 Å². The number of hydrogen-bond donors (Lipinski definition) is 0. The minimum atomic E-state index is -0.145. The normalized spacial score (nSPS) is 11.3.